The Morgan fingerprint density at radius 2 is 2.32 bits per heavy atom. The fourth-order valence-corrected chi connectivity index (χ4v) is 3.20. The molecule has 2 rings (SSSR count). The number of likely N-dealkylation sites (N-methyl/N-ethyl adjacent to an activating group) is 1. The van der Waals surface area contributed by atoms with Crippen LogP contribution in [-0.4, -0.2) is 29.9 Å². The number of amides is 1. The fourth-order valence-electron chi connectivity index (χ4n) is 1.46. The lowest BCUT2D eigenvalue weighted by Crippen LogP contribution is -2.23. The van der Waals surface area contributed by atoms with Crippen LogP contribution >= 0.6 is 23.1 Å². The lowest BCUT2D eigenvalue weighted by molar-refractivity contribution is -0.127. The molecule has 2 aromatic heterocycles. The second-order valence-corrected chi connectivity index (χ2v) is 6.29. The second-order valence-electron chi connectivity index (χ2n) is 4.33. The molecular formula is C13H16N2O2S2. The number of nitrogens with zero attached hydrogens (tertiary/aromatic N) is 2. The number of carbonyl (C=O) groups is 1. The van der Waals surface area contributed by atoms with Crippen LogP contribution in [0.3, 0.4) is 0 Å². The molecule has 0 aromatic carbocycles. The minimum atomic E-state index is 0.0826. The Labute approximate surface area is 120 Å². The van der Waals surface area contributed by atoms with Crippen molar-refractivity contribution in [2.45, 2.75) is 24.0 Å². The number of aryl methyl sites for hydroxylation is 1. The summed E-state index contributed by atoms with van der Waals surface area (Å²) in [5.74, 6) is 1.81. The molecule has 0 spiro atoms. The standard InChI is InChI=1S/C13H16N2O2S2/c1-9-11(4-5-17-9)18-7-10-8-19-12(14-10)6-13(16)15(2)3/h4-5,8H,6-7H2,1-3H3. The van der Waals surface area contributed by atoms with Crippen molar-refractivity contribution in [3.63, 3.8) is 0 Å². The maximum Gasteiger partial charge on any atom is 0.228 e. The Hall–Kier alpha value is -1.27. The SMILES string of the molecule is Cc1occc1SCc1csc(CC(=O)N(C)C)n1. The number of hydrogen-bond donors (Lipinski definition) is 0. The van der Waals surface area contributed by atoms with Gasteiger partial charge < -0.3 is 9.32 Å². The summed E-state index contributed by atoms with van der Waals surface area (Å²) in [4.78, 5) is 18.8. The number of rotatable bonds is 5. The molecule has 1 amide bonds. The van der Waals surface area contributed by atoms with E-state index in [1.165, 1.54) is 0 Å². The molecule has 2 heterocycles. The zero-order chi connectivity index (χ0) is 13.8. The molecule has 19 heavy (non-hydrogen) atoms. The predicted octanol–water partition coefficient (Wildman–Crippen LogP) is 2.97. The van der Waals surface area contributed by atoms with Crippen molar-refractivity contribution in [1.29, 1.82) is 0 Å². The van der Waals surface area contributed by atoms with E-state index in [9.17, 15) is 4.79 Å². The highest BCUT2D eigenvalue weighted by atomic mass is 32.2. The van der Waals surface area contributed by atoms with E-state index in [0.717, 1.165) is 27.1 Å². The van der Waals surface area contributed by atoms with E-state index in [1.54, 1.807) is 48.4 Å². The summed E-state index contributed by atoms with van der Waals surface area (Å²) in [5.41, 5.74) is 1.01. The van der Waals surface area contributed by atoms with Gasteiger partial charge >= 0.3 is 0 Å². The first kappa shape index (κ1) is 14.1. The number of hydrogen-bond acceptors (Lipinski definition) is 5. The highest BCUT2D eigenvalue weighted by molar-refractivity contribution is 7.98. The van der Waals surface area contributed by atoms with Gasteiger partial charge in [-0.2, -0.15) is 0 Å². The summed E-state index contributed by atoms with van der Waals surface area (Å²) in [6.07, 6.45) is 2.08. The van der Waals surface area contributed by atoms with Crippen molar-refractivity contribution in [3.05, 3.63) is 34.2 Å². The number of thioether (sulfide) groups is 1. The van der Waals surface area contributed by atoms with Gasteiger partial charge in [-0.3, -0.25) is 4.79 Å². The van der Waals surface area contributed by atoms with Crippen LogP contribution in [-0.2, 0) is 17.0 Å². The minimum Gasteiger partial charge on any atom is -0.468 e. The van der Waals surface area contributed by atoms with Crippen LogP contribution in [0.5, 0.6) is 0 Å². The lowest BCUT2D eigenvalue weighted by Gasteiger charge is -2.07. The molecule has 4 nitrogen and oxygen atoms in total. The molecule has 0 N–H and O–H groups in total. The second kappa shape index (κ2) is 6.25. The quantitative estimate of drug-likeness (QED) is 0.796. The molecule has 0 aliphatic carbocycles. The van der Waals surface area contributed by atoms with Gasteiger partial charge in [0.2, 0.25) is 5.91 Å². The topological polar surface area (TPSA) is 46.3 Å². The zero-order valence-electron chi connectivity index (χ0n) is 11.2. The number of aromatic nitrogens is 1. The molecule has 0 unspecified atom stereocenters. The molecule has 2 aromatic rings. The molecule has 0 bridgehead atoms. The molecule has 0 saturated carbocycles. The summed E-state index contributed by atoms with van der Waals surface area (Å²) >= 11 is 3.24. The van der Waals surface area contributed by atoms with Gasteiger partial charge in [-0.25, -0.2) is 4.98 Å². The molecular weight excluding hydrogens is 280 g/mol. The Balaban J connectivity index is 1.91. The van der Waals surface area contributed by atoms with Gasteiger partial charge in [0, 0.05) is 30.1 Å². The molecule has 0 atom stereocenters. The molecule has 0 radical (unpaired) electrons. The number of furan rings is 1. The molecule has 0 aliphatic rings. The third kappa shape index (κ3) is 3.84. The Morgan fingerprint density at radius 1 is 1.53 bits per heavy atom. The van der Waals surface area contributed by atoms with E-state index in [1.807, 2.05) is 18.4 Å². The van der Waals surface area contributed by atoms with Crippen molar-refractivity contribution in [2.24, 2.45) is 0 Å². The van der Waals surface area contributed by atoms with Crippen LogP contribution in [0, 0.1) is 6.92 Å². The first-order valence-corrected chi connectivity index (χ1v) is 7.73. The Bertz CT molecular complexity index is 560. The van der Waals surface area contributed by atoms with E-state index in [0.29, 0.717) is 6.42 Å². The first-order valence-electron chi connectivity index (χ1n) is 5.86. The third-order valence-electron chi connectivity index (χ3n) is 2.59. The van der Waals surface area contributed by atoms with E-state index in [2.05, 4.69) is 4.98 Å². The molecule has 6 heteroatoms. The highest BCUT2D eigenvalue weighted by Gasteiger charge is 2.10. The van der Waals surface area contributed by atoms with E-state index < -0.39 is 0 Å². The van der Waals surface area contributed by atoms with E-state index in [-0.39, 0.29) is 5.91 Å². The third-order valence-corrected chi connectivity index (χ3v) is 4.66. The molecule has 0 aliphatic heterocycles. The Kier molecular flexibility index (Phi) is 4.66. The number of thiazole rings is 1. The summed E-state index contributed by atoms with van der Waals surface area (Å²) in [5, 5.41) is 2.89. The highest BCUT2D eigenvalue weighted by Crippen LogP contribution is 2.27. The summed E-state index contributed by atoms with van der Waals surface area (Å²) in [7, 11) is 3.52. The van der Waals surface area contributed by atoms with Crippen molar-refractivity contribution in [2.75, 3.05) is 14.1 Å². The maximum absolute atomic E-state index is 11.6. The smallest absolute Gasteiger partial charge is 0.228 e. The van der Waals surface area contributed by atoms with Gasteiger partial charge in [0.15, 0.2) is 0 Å². The normalized spacial score (nSPS) is 10.7. The van der Waals surface area contributed by atoms with Crippen LogP contribution in [0.25, 0.3) is 0 Å². The van der Waals surface area contributed by atoms with Crippen LogP contribution in [0.1, 0.15) is 16.5 Å². The van der Waals surface area contributed by atoms with Gasteiger partial charge in [-0.1, -0.05) is 0 Å². The summed E-state index contributed by atoms with van der Waals surface area (Å²) in [6.45, 7) is 1.95. The molecule has 0 fully saturated rings. The number of carbonyl (C=O) groups excluding carboxylic acids is 1. The van der Waals surface area contributed by atoms with Crippen molar-refractivity contribution >= 4 is 29.0 Å². The zero-order valence-corrected chi connectivity index (χ0v) is 12.8. The summed E-state index contributed by atoms with van der Waals surface area (Å²) < 4.78 is 5.25. The van der Waals surface area contributed by atoms with Crippen molar-refractivity contribution in [3.8, 4) is 0 Å². The van der Waals surface area contributed by atoms with Crippen LogP contribution in [0.4, 0.5) is 0 Å². The average molecular weight is 296 g/mol. The van der Waals surface area contributed by atoms with Gasteiger partial charge in [0.25, 0.3) is 0 Å². The average Bonchev–Trinajstić information content (AvgIpc) is 2.96. The molecule has 102 valence electrons. The van der Waals surface area contributed by atoms with Crippen LogP contribution < -0.4 is 0 Å². The Morgan fingerprint density at radius 3 is 2.95 bits per heavy atom. The lowest BCUT2D eigenvalue weighted by atomic mass is 10.4. The minimum absolute atomic E-state index is 0.0826. The van der Waals surface area contributed by atoms with E-state index in [4.69, 9.17) is 4.42 Å². The van der Waals surface area contributed by atoms with Gasteiger partial charge in [0.05, 0.1) is 18.4 Å². The van der Waals surface area contributed by atoms with Gasteiger partial charge in [-0.05, 0) is 13.0 Å². The maximum atomic E-state index is 11.6. The molecule has 0 saturated heterocycles. The monoisotopic (exact) mass is 296 g/mol. The van der Waals surface area contributed by atoms with E-state index >= 15 is 0 Å². The fraction of sp³-hybridized carbons (Fsp3) is 0.385. The largest absolute Gasteiger partial charge is 0.468 e. The summed E-state index contributed by atoms with van der Waals surface area (Å²) in [6, 6.07) is 1.96. The first-order chi connectivity index (χ1) is 9.06. The predicted molar refractivity (Wildman–Crippen MR) is 77.5 cm³/mol. The van der Waals surface area contributed by atoms with Crippen molar-refractivity contribution < 1.29 is 9.21 Å². The van der Waals surface area contributed by atoms with Crippen LogP contribution in [0.2, 0.25) is 0 Å². The van der Waals surface area contributed by atoms with Gasteiger partial charge in [-0.15, -0.1) is 23.1 Å². The van der Waals surface area contributed by atoms with Crippen LogP contribution in [0.15, 0.2) is 27.0 Å². The van der Waals surface area contributed by atoms with Crippen molar-refractivity contribution in [1.82, 2.24) is 9.88 Å². The van der Waals surface area contributed by atoms with Gasteiger partial charge in [0.1, 0.15) is 10.8 Å².